The molecule has 1 aliphatic rings. The number of anilines is 1. The van der Waals surface area contributed by atoms with Gasteiger partial charge in [0.05, 0.1) is 12.5 Å². The molecule has 4 nitrogen and oxygen atoms in total. The third kappa shape index (κ3) is 3.13. The molecule has 1 heterocycles. The summed E-state index contributed by atoms with van der Waals surface area (Å²) < 4.78 is 1.02. The molecule has 0 aromatic heterocycles. The fourth-order valence-corrected chi connectivity index (χ4v) is 3.03. The number of nitriles is 1. The molecule has 1 aromatic carbocycles. The van der Waals surface area contributed by atoms with Crippen LogP contribution < -0.4 is 10.2 Å². The summed E-state index contributed by atoms with van der Waals surface area (Å²) in [6.07, 6.45) is 0.202. The summed E-state index contributed by atoms with van der Waals surface area (Å²) in [7, 11) is 0. The first-order chi connectivity index (χ1) is 9.52. The Labute approximate surface area is 127 Å². The van der Waals surface area contributed by atoms with Gasteiger partial charge in [0, 0.05) is 23.2 Å². The highest BCUT2D eigenvalue weighted by Crippen LogP contribution is 2.28. The zero-order valence-electron chi connectivity index (χ0n) is 11.7. The Bertz CT molecular complexity index is 553. The van der Waals surface area contributed by atoms with Crippen molar-refractivity contribution in [3.8, 4) is 6.07 Å². The first kappa shape index (κ1) is 14.9. The normalized spacial score (nSPS) is 22.9. The molecule has 1 amide bonds. The van der Waals surface area contributed by atoms with Gasteiger partial charge in [-0.1, -0.05) is 22.9 Å². The second-order valence-electron chi connectivity index (χ2n) is 5.31. The maximum absolute atomic E-state index is 12.2. The molecule has 20 heavy (non-hydrogen) atoms. The summed E-state index contributed by atoms with van der Waals surface area (Å²) in [4.78, 5) is 14.3. The largest absolute Gasteiger partial charge is 0.358 e. The molecule has 0 spiro atoms. The predicted octanol–water partition coefficient (Wildman–Crippen LogP) is 2.61. The summed E-state index contributed by atoms with van der Waals surface area (Å²) in [5.41, 5.74) is 2.13. The van der Waals surface area contributed by atoms with Gasteiger partial charge in [-0.05, 0) is 36.6 Å². The first-order valence-electron chi connectivity index (χ1n) is 6.70. The lowest BCUT2D eigenvalue weighted by molar-refractivity contribution is -0.122. The number of nitrogens with one attached hydrogen (secondary N) is 1. The summed E-state index contributed by atoms with van der Waals surface area (Å²) >= 11 is 3.46. The standard InChI is InChI=1S/C15H18BrN3O/c1-10-8-18-15(20)14(5-6-17)19(9-10)13-4-3-12(16)7-11(13)2/h3-4,7,10,14H,5,8-9H2,1-2H3,(H,18,20). The van der Waals surface area contributed by atoms with E-state index in [0.717, 1.165) is 22.3 Å². The molecule has 0 radical (unpaired) electrons. The molecule has 2 unspecified atom stereocenters. The average molecular weight is 336 g/mol. The van der Waals surface area contributed by atoms with Gasteiger partial charge in [-0.15, -0.1) is 0 Å². The van der Waals surface area contributed by atoms with Gasteiger partial charge < -0.3 is 10.2 Å². The van der Waals surface area contributed by atoms with E-state index in [0.29, 0.717) is 12.5 Å². The minimum Gasteiger partial charge on any atom is -0.358 e. The molecule has 1 saturated heterocycles. The van der Waals surface area contributed by atoms with E-state index in [9.17, 15) is 4.79 Å². The van der Waals surface area contributed by atoms with Gasteiger partial charge in [0.2, 0.25) is 5.91 Å². The van der Waals surface area contributed by atoms with Crippen molar-refractivity contribution >= 4 is 27.5 Å². The van der Waals surface area contributed by atoms with Crippen LogP contribution in [0.3, 0.4) is 0 Å². The van der Waals surface area contributed by atoms with Gasteiger partial charge in [-0.3, -0.25) is 4.79 Å². The van der Waals surface area contributed by atoms with E-state index < -0.39 is 6.04 Å². The lowest BCUT2D eigenvalue weighted by Gasteiger charge is -2.31. The van der Waals surface area contributed by atoms with E-state index in [2.05, 4.69) is 39.1 Å². The molecule has 106 valence electrons. The number of benzene rings is 1. The first-order valence-corrected chi connectivity index (χ1v) is 7.49. The van der Waals surface area contributed by atoms with Crippen LogP contribution in [0.15, 0.2) is 22.7 Å². The maximum atomic E-state index is 12.2. The molecular formula is C15H18BrN3O. The Kier molecular flexibility index (Phi) is 4.66. The van der Waals surface area contributed by atoms with E-state index in [1.165, 1.54) is 0 Å². The van der Waals surface area contributed by atoms with Crippen molar-refractivity contribution < 1.29 is 4.79 Å². The van der Waals surface area contributed by atoms with Gasteiger partial charge in [0.25, 0.3) is 0 Å². The van der Waals surface area contributed by atoms with Crippen LogP contribution in [0.5, 0.6) is 0 Å². The molecule has 0 saturated carbocycles. The molecule has 5 heteroatoms. The van der Waals surface area contributed by atoms with E-state index >= 15 is 0 Å². The number of nitrogens with zero attached hydrogens (tertiary/aromatic N) is 2. The highest BCUT2D eigenvalue weighted by Gasteiger charge is 2.31. The van der Waals surface area contributed by atoms with E-state index in [4.69, 9.17) is 5.26 Å². The topological polar surface area (TPSA) is 56.1 Å². The van der Waals surface area contributed by atoms with Crippen molar-refractivity contribution in [2.45, 2.75) is 26.3 Å². The fraction of sp³-hybridized carbons (Fsp3) is 0.467. The second-order valence-corrected chi connectivity index (χ2v) is 6.23. The van der Waals surface area contributed by atoms with Gasteiger partial charge in [-0.2, -0.15) is 5.26 Å². The molecule has 1 aliphatic heterocycles. The zero-order chi connectivity index (χ0) is 14.7. The summed E-state index contributed by atoms with van der Waals surface area (Å²) in [6.45, 7) is 5.56. The summed E-state index contributed by atoms with van der Waals surface area (Å²) in [5, 5.41) is 11.9. The third-order valence-corrected chi connectivity index (χ3v) is 4.06. The van der Waals surface area contributed by atoms with Crippen LogP contribution in [-0.4, -0.2) is 25.0 Å². The lowest BCUT2D eigenvalue weighted by Crippen LogP contribution is -2.44. The SMILES string of the molecule is Cc1cc(Br)ccc1N1CC(C)CNC(=O)C1CC#N. The predicted molar refractivity (Wildman–Crippen MR) is 82.4 cm³/mol. The van der Waals surface area contributed by atoms with Gasteiger partial charge in [-0.25, -0.2) is 0 Å². The van der Waals surface area contributed by atoms with Crippen molar-refractivity contribution in [1.29, 1.82) is 5.26 Å². The number of halogens is 1. The van der Waals surface area contributed by atoms with E-state index in [-0.39, 0.29) is 12.3 Å². The Balaban J connectivity index is 2.41. The monoisotopic (exact) mass is 335 g/mol. The van der Waals surface area contributed by atoms with Crippen LogP contribution in [0.1, 0.15) is 18.9 Å². The quantitative estimate of drug-likeness (QED) is 0.903. The highest BCUT2D eigenvalue weighted by molar-refractivity contribution is 9.10. The molecule has 1 fully saturated rings. The van der Waals surface area contributed by atoms with Gasteiger partial charge in [0.1, 0.15) is 6.04 Å². The molecular weight excluding hydrogens is 318 g/mol. The molecule has 1 N–H and O–H groups in total. The Morgan fingerprint density at radius 3 is 2.95 bits per heavy atom. The average Bonchev–Trinajstić information content (AvgIpc) is 2.52. The van der Waals surface area contributed by atoms with Crippen LogP contribution in [0.2, 0.25) is 0 Å². The van der Waals surface area contributed by atoms with Crippen LogP contribution in [0.25, 0.3) is 0 Å². The summed E-state index contributed by atoms with van der Waals surface area (Å²) in [6, 6.07) is 7.73. The molecule has 1 aromatic rings. The summed E-state index contributed by atoms with van der Waals surface area (Å²) in [5.74, 6) is 0.295. The van der Waals surface area contributed by atoms with Gasteiger partial charge >= 0.3 is 0 Å². The fourth-order valence-electron chi connectivity index (χ4n) is 2.56. The van der Waals surface area contributed by atoms with Crippen molar-refractivity contribution in [2.24, 2.45) is 5.92 Å². The van der Waals surface area contributed by atoms with Crippen molar-refractivity contribution in [3.05, 3.63) is 28.2 Å². The maximum Gasteiger partial charge on any atom is 0.243 e. The lowest BCUT2D eigenvalue weighted by atomic mass is 10.1. The van der Waals surface area contributed by atoms with Crippen LogP contribution >= 0.6 is 15.9 Å². The number of carbonyl (C=O) groups excluding carboxylic acids is 1. The van der Waals surface area contributed by atoms with E-state index in [1.54, 1.807) is 0 Å². The van der Waals surface area contributed by atoms with Crippen LogP contribution in [0, 0.1) is 24.2 Å². The Morgan fingerprint density at radius 1 is 1.55 bits per heavy atom. The number of aryl methyl sites for hydroxylation is 1. The zero-order valence-corrected chi connectivity index (χ0v) is 13.3. The van der Waals surface area contributed by atoms with Crippen LogP contribution in [-0.2, 0) is 4.79 Å². The van der Waals surface area contributed by atoms with Crippen molar-refractivity contribution in [2.75, 3.05) is 18.0 Å². The molecule has 0 aliphatic carbocycles. The number of rotatable bonds is 2. The van der Waals surface area contributed by atoms with Crippen molar-refractivity contribution in [1.82, 2.24) is 5.32 Å². The number of hydrogen-bond donors (Lipinski definition) is 1. The number of hydrogen-bond acceptors (Lipinski definition) is 3. The Morgan fingerprint density at radius 2 is 2.30 bits per heavy atom. The second kappa shape index (κ2) is 6.27. The molecule has 2 atom stereocenters. The van der Waals surface area contributed by atoms with Crippen LogP contribution in [0.4, 0.5) is 5.69 Å². The minimum atomic E-state index is -0.412. The number of carbonyl (C=O) groups is 1. The van der Waals surface area contributed by atoms with Crippen molar-refractivity contribution in [3.63, 3.8) is 0 Å². The van der Waals surface area contributed by atoms with Gasteiger partial charge in [0.15, 0.2) is 0 Å². The minimum absolute atomic E-state index is 0.0572. The number of amides is 1. The Hall–Kier alpha value is -1.54. The highest BCUT2D eigenvalue weighted by atomic mass is 79.9. The van der Waals surface area contributed by atoms with E-state index in [1.807, 2.05) is 25.1 Å². The molecule has 2 rings (SSSR count). The molecule has 0 bridgehead atoms. The smallest absolute Gasteiger partial charge is 0.243 e. The third-order valence-electron chi connectivity index (χ3n) is 3.56.